The van der Waals surface area contributed by atoms with Crippen molar-refractivity contribution in [3.05, 3.63) is 114 Å². The van der Waals surface area contributed by atoms with E-state index in [4.69, 9.17) is 4.42 Å². The standard InChI is InChI=1S/C31H35FN4O3/c1-3-19-36(31(38)34-28-14-8-7-13-27(28)32)21-25-12-9-20-35(25)22-26-17-18-29(39-26)30(37)33-23(2)15-16-24-10-5-4-6-11-24/h4-14,17-18,20,23H,3,15-16,19,21-22H2,1-2H3,(H,33,37)(H,34,38). The van der Waals surface area contributed by atoms with Crippen molar-refractivity contribution in [2.75, 3.05) is 11.9 Å². The van der Waals surface area contributed by atoms with E-state index in [0.29, 0.717) is 25.4 Å². The Bertz CT molecular complexity index is 1360. The molecule has 8 heteroatoms. The van der Waals surface area contributed by atoms with E-state index in [1.165, 1.54) is 17.7 Å². The molecule has 0 saturated carbocycles. The first-order chi connectivity index (χ1) is 18.9. The number of anilines is 1. The first kappa shape index (κ1) is 27.7. The molecule has 0 aliphatic rings. The molecule has 0 fully saturated rings. The smallest absolute Gasteiger partial charge is 0.322 e. The third kappa shape index (κ3) is 7.83. The molecule has 0 spiro atoms. The Balaban J connectivity index is 1.34. The molecule has 0 aliphatic carbocycles. The van der Waals surface area contributed by atoms with Gasteiger partial charge in [0.15, 0.2) is 5.76 Å². The van der Waals surface area contributed by atoms with Gasteiger partial charge < -0.3 is 24.5 Å². The zero-order chi connectivity index (χ0) is 27.6. The molecule has 4 aromatic rings. The second-order valence-corrected chi connectivity index (χ2v) is 9.62. The second kappa shape index (κ2) is 13.5. The van der Waals surface area contributed by atoms with Crippen molar-refractivity contribution < 1.29 is 18.4 Å². The number of halogens is 1. The molecule has 1 unspecified atom stereocenters. The van der Waals surface area contributed by atoms with E-state index in [1.54, 1.807) is 29.2 Å². The summed E-state index contributed by atoms with van der Waals surface area (Å²) >= 11 is 0. The van der Waals surface area contributed by atoms with Crippen LogP contribution in [0.5, 0.6) is 0 Å². The van der Waals surface area contributed by atoms with Crippen LogP contribution in [0.4, 0.5) is 14.9 Å². The van der Waals surface area contributed by atoms with E-state index < -0.39 is 5.82 Å². The van der Waals surface area contributed by atoms with Crippen LogP contribution < -0.4 is 10.6 Å². The fourth-order valence-electron chi connectivity index (χ4n) is 4.37. The van der Waals surface area contributed by atoms with Crippen molar-refractivity contribution in [3.63, 3.8) is 0 Å². The van der Waals surface area contributed by atoms with Gasteiger partial charge in [-0.15, -0.1) is 0 Å². The molecule has 0 radical (unpaired) electrons. The number of rotatable bonds is 12. The molecular weight excluding hydrogens is 495 g/mol. The zero-order valence-corrected chi connectivity index (χ0v) is 22.4. The molecule has 2 heterocycles. The third-order valence-electron chi connectivity index (χ3n) is 6.47. The first-order valence-corrected chi connectivity index (χ1v) is 13.3. The number of para-hydroxylation sites is 1. The van der Waals surface area contributed by atoms with Gasteiger partial charge in [-0.2, -0.15) is 0 Å². The highest BCUT2D eigenvalue weighted by atomic mass is 19.1. The van der Waals surface area contributed by atoms with Crippen LogP contribution in [0, 0.1) is 5.82 Å². The predicted octanol–water partition coefficient (Wildman–Crippen LogP) is 6.46. The van der Waals surface area contributed by atoms with Crippen molar-refractivity contribution in [2.45, 2.75) is 52.2 Å². The van der Waals surface area contributed by atoms with Crippen molar-refractivity contribution in [2.24, 2.45) is 0 Å². The summed E-state index contributed by atoms with van der Waals surface area (Å²) in [5.74, 6) is 0.178. The number of amides is 3. The van der Waals surface area contributed by atoms with Crippen LogP contribution in [0.15, 0.2) is 89.5 Å². The van der Waals surface area contributed by atoms with Gasteiger partial charge in [-0.1, -0.05) is 49.4 Å². The van der Waals surface area contributed by atoms with Gasteiger partial charge in [0.05, 0.1) is 18.8 Å². The van der Waals surface area contributed by atoms with Gasteiger partial charge >= 0.3 is 6.03 Å². The van der Waals surface area contributed by atoms with Gasteiger partial charge in [0.25, 0.3) is 5.91 Å². The highest BCUT2D eigenvalue weighted by Crippen LogP contribution is 2.17. The van der Waals surface area contributed by atoms with Gasteiger partial charge in [0, 0.05) is 24.5 Å². The lowest BCUT2D eigenvalue weighted by Crippen LogP contribution is -2.36. The minimum absolute atomic E-state index is 0.00219. The zero-order valence-electron chi connectivity index (χ0n) is 22.4. The average Bonchev–Trinajstić information content (AvgIpc) is 3.59. The number of urea groups is 1. The lowest BCUT2D eigenvalue weighted by molar-refractivity contribution is 0.0908. The quantitative estimate of drug-likeness (QED) is 0.221. The number of benzene rings is 2. The summed E-state index contributed by atoms with van der Waals surface area (Å²) in [5.41, 5.74) is 2.28. The van der Waals surface area contributed by atoms with Crippen LogP contribution in [0.3, 0.4) is 0 Å². The maximum absolute atomic E-state index is 14.0. The van der Waals surface area contributed by atoms with Crippen molar-refractivity contribution in [1.29, 1.82) is 0 Å². The van der Waals surface area contributed by atoms with Gasteiger partial charge in [0.1, 0.15) is 11.6 Å². The molecule has 204 valence electrons. The minimum atomic E-state index is -0.478. The number of furan rings is 1. The van der Waals surface area contributed by atoms with Crippen LogP contribution in [-0.4, -0.2) is 34.0 Å². The molecule has 2 N–H and O–H groups in total. The second-order valence-electron chi connectivity index (χ2n) is 9.62. The normalized spacial score (nSPS) is 11.7. The van der Waals surface area contributed by atoms with Crippen LogP contribution in [-0.2, 0) is 19.5 Å². The molecule has 0 saturated heterocycles. The average molecular weight is 531 g/mol. The monoisotopic (exact) mass is 530 g/mol. The van der Waals surface area contributed by atoms with Crippen LogP contribution in [0.2, 0.25) is 0 Å². The number of nitrogens with one attached hydrogen (secondary N) is 2. The van der Waals surface area contributed by atoms with Crippen LogP contribution in [0.1, 0.15) is 54.3 Å². The summed E-state index contributed by atoms with van der Waals surface area (Å²) in [4.78, 5) is 27.3. The van der Waals surface area contributed by atoms with Gasteiger partial charge in [-0.3, -0.25) is 4.79 Å². The summed E-state index contributed by atoms with van der Waals surface area (Å²) in [5, 5.41) is 5.68. The minimum Gasteiger partial charge on any atom is -0.454 e. The van der Waals surface area contributed by atoms with Gasteiger partial charge in [-0.25, -0.2) is 9.18 Å². The van der Waals surface area contributed by atoms with E-state index in [9.17, 15) is 14.0 Å². The SMILES string of the molecule is CCCN(Cc1cccn1Cc1ccc(C(=O)NC(C)CCc2ccccc2)o1)C(=O)Nc1ccccc1F. The Morgan fingerprint density at radius 3 is 2.54 bits per heavy atom. The largest absolute Gasteiger partial charge is 0.454 e. The van der Waals surface area contributed by atoms with Gasteiger partial charge in [0.2, 0.25) is 0 Å². The van der Waals surface area contributed by atoms with E-state index in [0.717, 1.165) is 25.0 Å². The number of nitrogens with zero attached hydrogens (tertiary/aromatic N) is 2. The summed E-state index contributed by atoms with van der Waals surface area (Å²) in [7, 11) is 0. The van der Waals surface area contributed by atoms with Crippen molar-refractivity contribution >= 4 is 17.6 Å². The van der Waals surface area contributed by atoms with E-state index in [2.05, 4.69) is 22.8 Å². The highest BCUT2D eigenvalue weighted by Gasteiger charge is 2.18. The fraction of sp³-hybridized carbons (Fsp3) is 0.290. The lowest BCUT2D eigenvalue weighted by Gasteiger charge is -2.23. The Morgan fingerprint density at radius 1 is 1.00 bits per heavy atom. The molecule has 39 heavy (non-hydrogen) atoms. The number of carbonyl (C=O) groups is 2. The first-order valence-electron chi connectivity index (χ1n) is 13.3. The highest BCUT2D eigenvalue weighted by molar-refractivity contribution is 5.91. The van der Waals surface area contributed by atoms with Gasteiger partial charge in [-0.05, 0) is 68.1 Å². The maximum Gasteiger partial charge on any atom is 0.322 e. The molecule has 2 aromatic carbocycles. The molecular formula is C31H35FN4O3. The fourth-order valence-corrected chi connectivity index (χ4v) is 4.37. The Kier molecular flexibility index (Phi) is 9.56. The summed E-state index contributed by atoms with van der Waals surface area (Å²) in [6.45, 7) is 5.24. The number of hydrogen-bond acceptors (Lipinski definition) is 3. The lowest BCUT2D eigenvalue weighted by atomic mass is 10.1. The molecule has 0 aliphatic heterocycles. The molecule has 1 atom stereocenters. The molecule has 3 amide bonds. The Hall–Kier alpha value is -4.33. The van der Waals surface area contributed by atoms with E-state index in [-0.39, 0.29) is 29.4 Å². The number of carbonyl (C=O) groups excluding carboxylic acids is 2. The molecule has 2 aromatic heterocycles. The number of hydrogen-bond donors (Lipinski definition) is 2. The number of aromatic nitrogens is 1. The predicted molar refractivity (Wildman–Crippen MR) is 150 cm³/mol. The van der Waals surface area contributed by atoms with Crippen LogP contribution >= 0.6 is 0 Å². The maximum atomic E-state index is 14.0. The summed E-state index contributed by atoms with van der Waals surface area (Å²) in [6, 6.07) is 23.2. The van der Waals surface area contributed by atoms with Crippen molar-refractivity contribution in [3.8, 4) is 0 Å². The van der Waals surface area contributed by atoms with Crippen molar-refractivity contribution in [1.82, 2.24) is 14.8 Å². The van der Waals surface area contributed by atoms with Crippen LogP contribution in [0.25, 0.3) is 0 Å². The third-order valence-corrected chi connectivity index (χ3v) is 6.47. The van der Waals surface area contributed by atoms with E-state index >= 15 is 0 Å². The van der Waals surface area contributed by atoms with E-state index in [1.807, 2.05) is 54.9 Å². The molecule has 0 bridgehead atoms. The molecule has 4 rings (SSSR count). The topological polar surface area (TPSA) is 79.5 Å². The molecule has 7 nitrogen and oxygen atoms in total. The Morgan fingerprint density at radius 2 is 1.77 bits per heavy atom. The number of aryl methyl sites for hydroxylation is 1. The Labute approximate surface area is 228 Å². The summed E-state index contributed by atoms with van der Waals surface area (Å²) < 4.78 is 21.9. The summed E-state index contributed by atoms with van der Waals surface area (Å²) in [6.07, 6.45) is 4.37.